The van der Waals surface area contributed by atoms with Gasteiger partial charge in [-0.1, -0.05) is 135 Å². The Labute approximate surface area is 243 Å². The molecule has 1 aliphatic rings. The first-order valence-electron chi connectivity index (χ1n) is 17.3. The Balaban J connectivity index is 2.16. The zero-order chi connectivity index (χ0) is 28.4. The van der Waals surface area contributed by atoms with Gasteiger partial charge >= 0.3 is 0 Å². The summed E-state index contributed by atoms with van der Waals surface area (Å²) in [5.41, 5.74) is 0. The first kappa shape index (κ1) is 35.9. The molecule has 1 heterocycles. The molecule has 0 radical (unpaired) electrons. The molecule has 2 atom stereocenters. The van der Waals surface area contributed by atoms with Crippen molar-refractivity contribution in [3.05, 3.63) is 12.2 Å². The largest absolute Gasteiger partial charge is 0.393 e. The number of rotatable bonds is 27. The molecule has 0 aromatic carbocycles. The Kier molecular flexibility index (Phi) is 23.7. The summed E-state index contributed by atoms with van der Waals surface area (Å²) in [6, 6.07) is 0. The lowest BCUT2D eigenvalue weighted by molar-refractivity contribution is -0.135. The molecule has 2 unspecified atom stereocenters. The maximum Gasteiger partial charge on any atom is 0.233 e. The van der Waals surface area contributed by atoms with Gasteiger partial charge in [-0.2, -0.15) is 0 Å². The van der Waals surface area contributed by atoms with Crippen LogP contribution in [0.4, 0.5) is 0 Å². The summed E-state index contributed by atoms with van der Waals surface area (Å²) in [6.07, 6.45) is 34.2. The number of allylic oxidation sites excluding steroid dienone is 2. The maximum absolute atomic E-state index is 13.3. The third kappa shape index (κ3) is 18.7. The number of carbonyl (C=O) groups excluding carboxylic acids is 1. The molecule has 4 nitrogen and oxygen atoms in total. The molecule has 1 N–H and O–H groups in total. The lowest BCUT2D eigenvalue weighted by Gasteiger charge is -2.26. The lowest BCUT2D eigenvalue weighted by atomic mass is 9.94. The molecule has 0 bridgehead atoms. The van der Waals surface area contributed by atoms with Gasteiger partial charge in [0.25, 0.3) is 0 Å². The van der Waals surface area contributed by atoms with Gasteiger partial charge in [-0.05, 0) is 45.4 Å². The van der Waals surface area contributed by atoms with Crippen LogP contribution in [-0.4, -0.2) is 40.9 Å². The van der Waals surface area contributed by atoms with E-state index >= 15 is 0 Å². The number of hydrogen-bond donors (Lipinski definition) is 1. The molecule has 0 aromatic rings. The molecule has 0 aliphatic carbocycles. The van der Waals surface area contributed by atoms with Crippen molar-refractivity contribution in [1.82, 2.24) is 4.90 Å². The van der Waals surface area contributed by atoms with Crippen LogP contribution in [0.1, 0.15) is 175 Å². The normalized spacial score (nSPS) is 15.3. The van der Waals surface area contributed by atoms with Crippen LogP contribution in [0.5, 0.6) is 0 Å². The van der Waals surface area contributed by atoms with Gasteiger partial charge < -0.3 is 5.11 Å². The summed E-state index contributed by atoms with van der Waals surface area (Å²) >= 11 is 0. The number of carbonyl (C=O) groups is 1. The van der Waals surface area contributed by atoms with Crippen LogP contribution in [0.3, 0.4) is 0 Å². The van der Waals surface area contributed by atoms with E-state index < -0.39 is 6.10 Å². The highest BCUT2D eigenvalue weighted by molar-refractivity contribution is 6.00. The van der Waals surface area contributed by atoms with Crippen molar-refractivity contribution in [3.8, 4) is 0 Å². The van der Waals surface area contributed by atoms with Gasteiger partial charge in [0.1, 0.15) is 5.84 Å². The van der Waals surface area contributed by atoms with E-state index in [1.165, 1.54) is 122 Å². The number of amidine groups is 1. The summed E-state index contributed by atoms with van der Waals surface area (Å²) < 4.78 is 0. The van der Waals surface area contributed by atoms with Gasteiger partial charge in [-0.15, -0.1) is 0 Å². The molecule has 0 fully saturated rings. The molecule has 39 heavy (non-hydrogen) atoms. The SMILES string of the molecule is CCCCCCCCC=CCCCCCCC(C(=O)N1CCN=C1CCCCCCCCCCCC)C(C)O. The molecule has 0 spiro atoms. The lowest BCUT2D eigenvalue weighted by Crippen LogP contribution is -2.42. The second-order valence-corrected chi connectivity index (χ2v) is 12.1. The minimum absolute atomic E-state index is 0.103. The van der Waals surface area contributed by atoms with E-state index in [9.17, 15) is 9.90 Å². The molecule has 1 amide bonds. The summed E-state index contributed by atoms with van der Waals surface area (Å²) in [7, 11) is 0. The summed E-state index contributed by atoms with van der Waals surface area (Å²) in [5.74, 6) is 0.780. The first-order valence-corrected chi connectivity index (χ1v) is 17.3. The fourth-order valence-electron chi connectivity index (χ4n) is 5.74. The van der Waals surface area contributed by atoms with Crippen molar-refractivity contribution in [2.75, 3.05) is 13.1 Å². The second-order valence-electron chi connectivity index (χ2n) is 12.1. The fraction of sp³-hybridized carbons (Fsp3) is 0.886. The third-order valence-electron chi connectivity index (χ3n) is 8.38. The molecular formula is C35H66N2O2. The molecule has 0 aromatic heterocycles. The summed E-state index contributed by atoms with van der Waals surface area (Å²) in [6.45, 7) is 7.74. The van der Waals surface area contributed by atoms with Crippen LogP contribution >= 0.6 is 0 Å². The number of aliphatic imine (C=N–C) groups is 1. The molecule has 4 heteroatoms. The van der Waals surface area contributed by atoms with Crippen LogP contribution in [0.15, 0.2) is 17.1 Å². The maximum atomic E-state index is 13.3. The fourth-order valence-corrected chi connectivity index (χ4v) is 5.74. The zero-order valence-electron chi connectivity index (χ0n) is 26.4. The summed E-state index contributed by atoms with van der Waals surface area (Å²) in [4.78, 5) is 19.9. The van der Waals surface area contributed by atoms with E-state index in [1.807, 2.05) is 4.90 Å². The topological polar surface area (TPSA) is 52.9 Å². The Bertz CT molecular complexity index is 628. The van der Waals surface area contributed by atoms with E-state index in [0.29, 0.717) is 6.54 Å². The molecular weight excluding hydrogens is 480 g/mol. The van der Waals surface area contributed by atoms with Crippen LogP contribution in [0.25, 0.3) is 0 Å². The third-order valence-corrected chi connectivity index (χ3v) is 8.38. The van der Waals surface area contributed by atoms with Crippen molar-refractivity contribution >= 4 is 11.7 Å². The van der Waals surface area contributed by atoms with E-state index in [-0.39, 0.29) is 11.8 Å². The predicted octanol–water partition coefficient (Wildman–Crippen LogP) is 10.2. The number of hydrogen-bond acceptors (Lipinski definition) is 3. The van der Waals surface area contributed by atoms with Gasteiger partial charge in [-0.3, -0.25) is 14.7 Å². The predicted molar refractivity (Wildman–Crippen MR) is 170 cm³/mol. The van der Waals surface area contributed by atoms with Crippen molar-refractivity contribution in [1.29, 1.82) is 0 Å². The summed E-state index contributed by atoms with van der Waals surface area (Å²) in [5, 5.41) is 10.4. The number of unbranched alkanes of at least 4 members (excludes halogenated alkanes) is 19. The quantitative estimate of drug-likeness (QED) is 0.0823. The number of amides is 1. The van der Waals surface area contributed by atoms with Gasteiger partial charge in [0.15, 0.2) is 0 Å². The van der Waals surface area contributed by atoms with E-state index in [2.05, 4.69) is 31.0 Å². The zero-order valence-corrected chi connectivity index (χ0v) is 26.4. The smallest absolute Gasteiger partial charge is 0.233 e. The van der Waals surface area contributed by atoms with Crippen LogP contribution in [0, 0.1) is 5.92 Å². The van der Waals surface area contributed by atoms with Crippen molar-refractivity contribution in [3.63, 3.8) is 0 Å². The Morgan fingerprint density at radius 3 is 1.72 bits per heavy atom. The highest BCUT2D eigenvalue weighted by Crippen LogP contribution is 2.22. The standard InChI is InChI=1S/C35H66N2O2/c1-4-6-8-10-12-14-16-17-18-19-20-22-24-26-28-33(32(3)38)35(39)37-31-30-36-34(37)29-27-25-23-21-15-13-11-9-7-5-2/h17-18,32-33,38H,4-16,19-31H2,1-3H3. The molecule has 1 aliphatic heterocycles. The minimum Gasteiger partial charge on any atom is -0.393 e. The Morgan fingerprint density at radius 1 is 0.744 bits per heavy atom. The van der Waals surface area contributed by atoms with Crippen LogP contribution in [-0.2, 0) is 4.79 Å². The van der Waals surface area contributed by atoms with Crippen LogP contribution < -0.4 is 0 Å². The van der Waals surface area contributed by atoms with E-state index in [4.69, 9.17) is 0 Å². The van der Waals surface area contributed by atoms with Gasteiger partial charge in [0, 0.05) is 13.0 Å². The molecule has 0 saturated heterocycles. The van der Waals surface area contributed by atoms with Gasteiger partial charge in [-0.25, -0.2) is 0 Å². The van der Waals surface area contributed by atoms with E-state index in [1.54, 1.807) is 6.92 Å². The Hall–Kier alpha value is -1.16. The van der Waals surface area contributed by atoms with Crippen molar-refractivity contribution in [2.45, 2.75) is 181 Å². The minimum atomic E-state index is -0.596. The highest BCUT2D eigenvalue weighted by Gasteiger charge is 2.31. The monoisotopic (exact) mass is 547 g/mol. The number of aliphatic hydroxyl groups is 1. The van der Waals surface area contributed by atoms with Crippen molar-refractivity contribution in [2.24, 2.45) is 10.9 Å². The number of aliphatic hydroxyl groups excluding tert-OH is 1. The molecule has 228 valence electrons. The first-order chi connectivity index (χ1) is 19.1. The Morgan fingerprint density at radius 2 is 1.21 bits per heavy atom. The van der Waals surface area contributed by atoms with Crippen LogP contribution in [0.2, 0.25) is 0 Å². The average molecular weight is 547 g/mol. The average Bonchev–Trinajstić information content (AvgIpc) is 3.40. The highest BCUT2D eigenvalue weighted by atomic mass is 16.3. The van der Waals surface area contributed by atoms with Gasteiger partial charge in [0.05, 0.1) is 18.6 Å². The van der Waals surface area contributed by atoms with E-state index in [0.717, 1.165) is 44.5 Å². The second kappa shape index (κ2) is 25.8. The number of nitrogens with zero attached hydrogens (tertiary/aromatic N) is 2. The van der Waals surface area contributed by atoms with Gasteiger partial charge in [0.2, 0.25) is 5.91 Å². The molecule has 1 rings (SSSR count). The van der Waals surface area contributed by atoms with Crippen molar-refractivity contribution < 1.29 is 9.90 Å². The molecule has 0 saturated carbocycles.